The van der Waals surface area contributed by atoms with Gasteiger partial charge in [0.05, 0.1) is 7.11 Å². The number of anilines is 1. The Kier molecular flexibility index (Phi) is 7.69. The highest BCUT2D eigenvalue weighted by atomic mass is 32.2. The van der Waals surface area contributed by atoms with Gasteiger partial charge >= 0.3 is 18.4 Å². The number of methoxy groups -OCH3 is 1. The first kappa shape index (κ1) is 19.9. The first-order valence-electron chi connectivity index (χ1n) is 6.75. The van der Waals surface area contributed by atoms with Crippen LogP contribution in [0.1, 0.15) is 6.42 Å². The number of carbonyl (C=O) groups is 2. The molecule has 2 amide bonds. The van der Waals surface area contributed by atoms with Crippen LogP contribution in [0.5, 0.6) is 5.75 Å². The van der Waals surface area contributed by atoms with Crippen molar-refractivity contribution in [1.82, 2.24) is 5.32 Å². The number of benzene rings is 1. The Morgan fingerprint density at radius 3 is 2.38 bits per heavy atom. The van der Waals surface area contributed by atoms with Crippen LogP contribution in [0.4, 0.5) is 23.7 Å². The summed E-state index contributed by atoms with van der Waals surface area (Å²) in [4.78, 5) is 23.5. The molecule has 1 unspecified atom stereocenters. The Morgan fingerprint density at radius 2 is 1.88 bits per heavy atom. The van der Waals surface area contributed by atoms with Gasteiger partial charge in [-0.15, -0.1) is 13.2 Å². The molecule has 0 fully saturated rings. The average molecular weight is 366 g/mol. The molecule has 6 nitrogen and oxygen atoms in total. The standard InChI is InChI=1S/C14H17F3N2O4S/c1-22-12(20)11(7-8-24-2)19-13(21)18-9-3-5-10(6-4-9)23-14(15,16)17/h3-6,11H,7-8H2,1-2H3,(H2,18,19,21). The molecule has 2 N–H and O–H groups in total. The molecule has 0 heterocycles. The highest BCUT2D eigenvalue weighted by Crippen LogP contribution is 2.23. The van der Waals surface area contributed by atoms with Crippen molar-refractivity contribution in [3.63, 3.8) is 0 Å². The van der Waals surface area contributed by atoms with Crippen molar-refractivity contribution < 1.29 is 32.2 Å². The first-order chi connectivity index (χ1) is 11.2. The number of carbonyl (C=O) groups excluding carboxylic acids is 2. The Bertz CT molecular complexity index is 552. The van der Waals surface area contributed by atoms with E-state index in [4.69, 9.17) is 0 Å². The topological polar surface area (TPSA) is 76.7 Å². The molecular formula is C14H17F3N2O4S. The minimum Gasteiger partial charge on any atom is -0.467 e. The number of nitrogens with one attached hydrogen (secondary N) is 2. The van der Waals surface area contributed by atoms with Crippen LogP contribution in [-0.4, -0.2) is 43.5 Å². The quantitative estimate of drug-likeness (QED) is 0.726. The molecule has 0 radical (unpaired) electrons. The van der Waals surface area contributed by atoms with Crippen molar-refractivity contribution >= 4 is 29.4 Å². The number of thioether (sulfide) groups is 1. The lowest BCUT2D eigenvalue weighted by atomic mass is 10.2. The normalized spacial score (nSPS) is 12.2. The van der Waals surface area contributed by atoms with Crippen LogP contribution in [0.3, 0.4) is 0 Å². The van der Waals surface area contributed by atoms with E-state index < -0.39 is 30.2 Å². The lowest BCUT2D eigenvalue weighted by Crippen LogP contribution is -2.44. The fraction of sp³-hybridized carbons (Fsp3) is 0.429. The van der Waals surface area contributed by atoms with E-state index in [1.54, 1.807) is 0 Å². The zero-order chi connectivity index (χ0) is 18.2. The summed E-state index contributed by atoms with van der Waals surface area (Å²) in [5, 5.41) is 4.87. The zero-order valence-electron chi connectivity index (χ0n) is 13.0. The van der Waals surface area contributed by atoms with Gasteiger partial charge in [-0.25, -0.2) is 9.59 Å². The van der Waals surface area contributed by atoms with Gasteiger partial charge in [0.25, 0.3) is 0 Å². The van der Waals surface area contributed by atoms with E-state index in [2.05, 4.69) is 20.1 Å². The highest BCUT2D eigenvalue weighted by Gasteiger charge is 2.31. The maximum absolute atomic E-state index is 12.1. The molecule has 1 rings (SSSR count). The molecule has 24 heavy (non-hydrogen) atoms. The van der Waals surface area contributed by atoms with Crippen molar-refractivity contribution in [2.75, 3.05) is 24.4 Å². The lowest BCUT2D eigenvalue weighted by Gasteiger charge is -2.16. The summed E-state index contributed by atoms with van der Waals surface area (Å²) in [5.74, 6) is -0.335. The Hall–Kier alpha value is -2.10. The number of hydrogen-bond donors (Lipinski definition) is 2. The van der Waals surface area contributed by atoms with Crippen LogP contribution in [0.2, 0.25) is 0 Å². The van der Waals surface area contributed by atoms with Gasteiger partial charge in [-0.2, -0.15) is 11.8 Å². The van der Waals surface area contributed by atoms with Gasteiger partial charge in [0.15, 0.2) is 0 Å². The minimum absolute atomic E-state index is 0.246. The lowest BCUT2D eigenvalue weighted by molar-refractivity contribution is -0.274. The SMILES string of the molecule is COC(=O)C(CCSC)NC(=O)Nc1ccc(OC(F)(F)F)cc1. The molecule has 0 spiro atoms. The maximum Gasteiger partial charge on any atom is 0.573 e. The molecule has 0 aliphatic carbocycles. The fourth-order valence-corrected chi connectivity index (χ4v) is 2.16. The third kappa shape index (κ3) is 7.44. The summed E-state index contributed by atoms with van der Waals surface area (Å²) in [6.07, 6.45) is -2.53. The number of ether oxygens (including phenoxy) is 2. The number of esters is 1. The Morgan fingerprint density at radius 1 is 1.25 bits per heavy atom. The summed E-state index contributed by atoms with van der Waals surface area (Å²) in [7, 11) is 1.22. The number of rotatable bonds is 7. The second-order valence-corrected chi connectivity index (χ2v) is 5.51. The molecule has 1 aromatic rings. The summed E-state index contributed by atoms with van der Waals surface area (Å²) in [5.41, 5.74) is 0.246. The Balaban J connectivity index is 2.61. The number of alkyl halides is 3. The van der Waals surface area contributed by atoms with E-state index in [0.717, 1.165) is 12.1 Å². The molecule has 10 heteroatoms. The van der Waals surface area contributed by atoms with Gasteiger partial charge < -0.3 is 20.1 Å². The van der Waals surface area contributed by atoms with Gasteiger partial charge in [0.2, 0.25) is 0 Å². The van der Waals surface area contributed by atoms with E-state index in [9.17, 15) is 22.8 Å². The van der Waals surface area contributed by atoms with E-state index in [1.165, 1.54) is 31.0 Å². The molecule has 0 saturated carbocycles. The molecule has 0 bridgehead atoms. The fourth-order valence-electron chi connectivity index (χ4n) is 1.69. The van der Waals surface area contributed by atoms with Gasteiger partial charge in [-0.05, 0) is 42.7 Å². The molecule has 0 aliphatic rings. The van der Waals surface area contributed by atoms with Gasteiger partial charge in [0, 0.05) is 5.69 Å². The predicted molar refractivity (Wildman–Crippen MR) is 84.1 cm³/mol. The van der Waals surface area contributed by atoms with Gasteiger partial charge in [0.1, 0.15) is 11.8 Å². The van der Waals surface area contributed by atoms with Crippen LogP contribution >= 0.6 is 11.8 Å². The smallest absolute Gasteiger partial charge is 0.467 e. The summed E-state index contributed by atoms with van der Waals surface area (Å²) >= 11 is 1.51. The van der Waals surface area contributed by atoms with E-state index in [0.29, 0.717) is 12.2 Å². The van der Waals surface area contributed by atoms with Crippen LogP contribution in [0.15, 0.2) is 24.3 Å². The monoisotopic (exact) mass is 366 g/mol. The Labute approximate surface area is 141 Å². The van der Waals surface area contributed by atoms with Gasteiger partial charge in [-0.1, -0.05) is 0 Å². The largest absolute Gasteiger partial charge is 0.573 e. The number of urea groups is 1. The number of hydrogen-bond acceptors (Lipinski definition) is 5. The molecule has 0 saturated heterocycles. The van der Waals surface area contributed by atoms with Gasteiger partial charge in [-0.3, -0.25) is 0 Å². The van der Waals surface area contributed by atoms with Crippen molar-refractivity contribution in [3.05, 3.63) is 24.3 Å². The van der Waals surface area contributed by atoms with Crippen LogP contribution in [-0.2, 0) is 9.53 Å². The summed E-state index contributed by atoms with van der Waals surface area (Å²) < 4.78 is 44.5. The van der Waals surface area contributed by atoms with E-state index in [-0.39, 0.29) is 5.69 Å². The highest BCUT2D eigenvalue weighted by molar-refractivity contribution is 7.98. The second kappa shape index (κ2) is 9.26. The zero-order valence-corrected chi connectivity index (χ0v) is 13.8. The summed E-state index contributed by atoms with van der Waals surface area (Å²) in [6, 6.07) is 3.14. The molecule has 1 atom stereocenters. The van der Waals surface area contributed by atoms with Crippen molar-refractivity contribution in [1.29, 1.82) is 0 Å². The van der Waals surface area contributed by atoms with Crippen LogP contribution in [0, 0.1) is 0 Å². The molecule has 0 aliphatic heterocycles. The van der Waals surface area contributed by atoms with Crippen LogP contribution < -0.4 is 15.4 Å². The minimum atomic E-state index is -4.78. The average Bonchev–Trinajstić information content (AvgIpc) is 2.51. The van der Waals surface area contributed by atoms with Crippen molar-refractivity contribution in [2.24, 2.45) is 0 Å². The van der Waals surface area contributed by atoms with Crippen molar-refractivity contribution in [2.45, 2.75) is 18.8 Å². The van der Waals surface area contributed by atoms with Crippen LogP contribution in [0.25, 0.3) is 0 Å². The number of halogens is 3. The second-order valence-electron chi connectivity index (χ2n) is 4.53. The summed E-state index contributed by atoms with van der Waals surface area (Å²) in [6.45, 7) is 0. The van der Waals surface area contributed by atoms with E-state index >= 15 is 0 Å². The molecular weight excluding hydrogens is 349 g/mol. The van der Waals surface area contributed by atoms with Crippen molar-refractivity contribution in [3.8, 4) is 5.75 Å². The third-order valence-corrected chi connectivity index (χ3v) is 3.39. The molecule has 1 aromatic carbocycles. The first-order valence-corrected chi connectivity index (χ1v) is 8.14. The molecule has 134 valence electrons. The van der Waals surface area contributed by atoms with E-state index in [1.807, 2.05) is 6.26 Å². The number of amides is 2. The third-order valence-electron chi connectivity index (χ3n) is 2.75. The predicted octanol–water partition coefficient (Wildman–Crippen LogP) is 3.00. The molecule has 0 aromatic heterocycles. The maximum atomic E-state index is 12.1.